The zero-order valence-corrected chi connectivity index (χ0v) is 15.3. The van der Waals surface area contributed by atoms with E-state index in [-0.39, 0.29) is 33.6 Å². The molecule has 2 aliphatic rings. The van der Waals surface area contributed by atoms with Crippen molar-refractivity contribution in [1.29, 1.82) is 0 Å². The number of rotatable bonds is 2. The first-order valence-corrected chi connectivity index (χ1v) is 8.84. The number of halogens is 1. The van der Waals surface area contributed by atoms with E-state index in [2.05, 4.69) is 5.32 Å². The number of hydrogen-bond donors (Lipinski definition) is 2. The standard InChI is InChI=1S/C18H15ClN4O5/c19-11-2-1-9(18(27)22-3-5-28-6-4-22)7-12(11)23-13(24)8-10-14(15(23)20)17(26)21-16(10)25/h1-2,7-8H,3-6,20H2,(H,21,25,26). The van der Waals surface area contributed by atoms with Crippen molar-refractivity contribution in [3.63, 3.8) is 0 Å². The van der Waals surface area contributed by atoms with Crippen LogP contribution in [0.3, 0.4) is 0 Å². The lowest BCUT2D eigenvalue weighted by atomic mass is 10.1. The third kappa shape index (κ3) is 2.85. The third-order valence-electron chi connectivity index (χ3n) is 4.69. The normalized spacial score (nSPS) is 16.1. The summed E-state index contributed by atoms with van der Waals surface area (Å²) in [5, 5.41) is 2.26. The highest BCUT2D eigenvalue weighted by Gasteiger charge is 2.32. The van der Waals surface area contributed by atoms with Gasteiger partial charge in [-0.25, -0.2) is 0 Å². The van der Waals surface area contributed by atoms with Crippen LogP contribution in [-0.4, -0.2) is 53.5 Å². The van der Waals surface area contributed by atoms with Gasteiger partial charge in [0.05, 0.1) is 35.1 Å². The van der Waals surface area contributed by atoms with Crippen molar-refractivity contribution in [3.8, 4) is 5.69 Å². The summed E-state index contributed by atoms with van der Waals surface area (Å²) >= 11 is 6.25. The number of amides is 3. The SMILES string of the molecule is Nc1c2c(cc(=O)n1-c1cc(C(=O)N3CCOCC3)ccc1Cl)C(=O)NC2=O. The van der Waals surface area contributed by atoms with Crippen LogP contribution < -0.4 is 16.6 Å². The average molecular weight is 403 g/mol. The van der Waals surface area contributed by atoms with Crippen LogP contribution in [0.5, 0.6) is 0 Å². The Bertz CT molecular complexity index is 1090. The number of pyridine rings is 1. The fourth-order valence-electron chi connectivity index (χ4n) is 3.29. The molecule has 3 heterocycles. The number of fused-ring (bicyclic) bond motifs is 1. The van der Waals surface area contributed by atoms with E-state index >= 15 is 0 Å². The number of anilines is 1. The van der Waals surface area contributed by atoms with E-state index in [9.17, 15) is 19.2 Å². The number of carbonyl (C=O) groups is 3. The smallest absolute Gasteiger partial charge is 0.262 e. The molecule has 4 rings (SSSR count). The average Bonchev–Trinajstić information content (AvgIpc) is 2.97. The van der Waals surface area contributed by atoms with Crippen LogP contribution in [-0.2, 0) is 4.74 Å². The first-order chi connectivity index (χ1) is 13.4. The van der Waals surface area contributed by atoms with Crippen LogP contribution in [0.25, 0.3) is 5.69 Å². The molecule has 3 N–H and O–H groups in total. The fraction of sp³-hybridized carbons (Fsp3) is 0.222. The van der Waals surface area contributed by atoms with Crippen LogP contribution in [0, 0.1) is 0 Å². The highest BCUT2D eigenvalue weighted by Crippen LogP contribution is 2.27. The molecule has 1 aromatic carbocycles. The molecule has 1 aromatic heterocycles. The summed E-state index contributed by atoms with van der Waals surface area (Å²) in [6.07, 6.45) is 0. The quantitative estimate of drug-likeness (QED) is 0.702. The molecule has 0 bridgehead atoms. The zero-order chi connectivity index (χ0) is 20.0. The molecule has 1 fully saturated rings. The second kappa shape index (κ2) is 6.77. The highest BCUT2D eigenvalue weighted by atomic mass is 35.5. The Labute approximate surface area is 163 Å². The lowest BCUT2D eigenvalue weighted by Gasteiger charge is -2.27. The van der Waals surface area contributed by atoms with Crippen molar-refractivity contribution in [2.45, 2.75) is 0 Å². The summed E-state index contributed by atoms with van der Waals surface area (Å²) in [7, 11) is 0. The molecule has 3 amide bonds. The molecule has 1 saturated heterocycles. The minimum Gasteiger partial charge on any atom is -0.384 e. The molecule has 10 heteroatoms. The maximum Gasteiger partial charge on any atom is 0.262 e. The van der Waals surface area contributed by atoms with E-state index in [4.69, 9.17) is 22.1 Å². The topological polar surface area (TPSA) is 124 Å². The summed E-state index contributed by atoms with van der Waals surface area (Å²) in [4.78, 5) is 50.8. The molecule has 144 valence electrons. The number of aromatic nitrogens is 1. The van der Waals surface area contributed by atoms with Crippen LogP contribution in [0.1, 0.15) is 31.1 Å². The summed E-state index contributed by atoms with van der Waals surface area (Å²) in [6, 6.07) is 5.50. The summed E-state index contributed by atoms with van der Waals surface area (Å²) in [5.74, 6) is -1.83. The van der Waals surface area contributed by atoms with Crippen molar-refractivity contribution in [2.24, 2.45) is 0 Å². The van der Waals surface area contributed by atoms with Gasteiger partial charge in [-0.1, -0.05) is 11.6 Å². The first-order valence-electron chi connectivity index (χ1n) is 8.46. The second-order valence-corrected chi connectivity index (χ2v) is 6.75. The van der Waals surface area contributed by atoms with E-state index < -0.39 is 17.4 Å². The second-order valence-electron chi connectivity index (χ2n) is 6.35. The summed E-state index contributed by atoms with van der Waals surface area (Å²) in [6.45, 7) is 1.82. The van der Waals surface area contributed by atoms with Gasteiger partial charge in [0.25, 0.3) is 23.3 Å². The molecule has 0 saturated carbocycles. The van der Waals surface area contributed by atoms with E-state index in [0.717, 1.165) is 10.6 Å². The van der Waals surface area contributed by atoms with Crippen LogP contribution in [0.2, 0.25) is 5.02 Å². The lowest BCUT2D eigenvalue weighted by Crippen LogP contribution is -2.40. The molecular weight excluding hydrogens is 388 g/mol. The van der Waals surface area contributed by atoms with Crippen molar-refractivity contribution < 1.29 is 19.1 Å². The first kappa shape index (κ1) is 18.2. The highest BCUT2D eigenvalue weighted by molar-refractivity contribution is 6.32. The van der Waals surface area contributed by atoms with Gasteiger partial charge in [0.1, 0.15) is 5.82 Å². The Hall–Kier alpha value is -3.17. The van der Waals surface area contributed by atoms with Gasteiger partial charge in [0.2, 0.25) is 0 Å². The van der Waals surface area contributed by atoms with Gasteiger partial charge in [-0.3, -0.25) is 29.1 Å². The monoisotopic (exact) mass is 402 g/mol. The number of hydrogen-bond acceptors (Lipinski definition) is 6. The summed E-state index contributed by atoms with van der Waals surface area (Å²) in [5.41, 5.74) is 5.69. The van der Waals surface area contributed by atoms with Crippen molar-refractivity contribution in [1.82, 2.24) is 14.8 Å². The van der Waals surface area contributed by atoms with Crippen LogP contribution in [0.4, 0.5) is 5.82 Å². The number of ether oxygens (including phenoxy) is 1. The minimum absolute atomic E-state index is 0.0829. The van der Waals surface area contributed by atoms with Gasteiger partial charge in [0, 0.05) is 24.7 Å². The predicted octanol–water partition coefficient (Wildman–Crippen LogP) is 0.429. The van der Waals surface area contributed by atoms with Gasteiger partial charge >= 0.3 is 0 Å². The zero-order valence-electron chi connectivity index (χ0n) is 14.5. The predicted molar refractivity (Wildman–Crippen MR) is 100.0 cm³/mol. The Morgan fingerprint density at radius 3 is 2.54 bits per heavy atom. The molecule has 0 unspecified atom stereocenters. The number of carbonyl (C=O) groups excluding carboxylic acids is 3. The van der Waals surface area contributed by atoms with Gasteiger partial charge in [-0.15, -0.1) is 0 Å². The lowest BCUT2D eigenvalue weighted by molar-refractivity contribution is 0.0303. The third-order valence-corrected chi connectivity index (χ3v) is 5.01. The molecule has 0 spiro atoms. The van der Waals surface area contributed by atoms with Crippen molar-refractivity contribution >= 4 is 35.1 Å². The molecule has 9 nitrogen and oxygen atoms in total. The van der Waals surface area contributed by atoms with E-state index in [1.165, 1.54) is 12.1 Å². The summed E-state index contributed by atoms with van der Waals surface area (Å²) < 4.78 is 6.27. The molecule has 2 aliphatic heterocycles. The van der Waals surface area contributed by atoms with E-state index in [1.54, 1.807) is 11.0 Å². The number of nitrogens with two attached hydrogens (primary N) is 1. The number of morpholine rings is 1. The minimum atomic E-state index is -0.692. The van der Waals surface area contributed by atoms with Gasteiger partial charge in [0.15, 0.2) is 0 Å². The Morgan fingerprint density at radius 2 is 1.82 bits per heavy atom. The Morgan fingerprint density at radius 1 is 1.11 bits per heavy atom. The van der Waals surface area contributed by atoms with E-state index in [1.807, 2.05) is 0 Å². The molecular formula is C18H15ClN4O5. The van der Waals surface area contributed by atoms with Gasteiger partial charge in [-0.2, -0.15) is 0 Å². The maximum atomic E-state index is 12.7. The van der Waals surface area contributed by atoms with Crippen LogP contribution in [0.15, 0.2) is 29.1 Å². The molecule has 2 aromatic rings. The van der Waals surface area contributed by atoms with Crippen LogP contribution >= 0.6 is 11.6 Å². The molecule has 0 radical (unpaired) electrons. The fourth-order valence-corrected chi connectivity index (χ4v) is 3.50. The number of nitrogen functional groups attached to an aromatic ring is 1. The number of nitrogens with zero attached hydrogens (tertiary/aromatic N) is 2. The van der Waals surface area contributed by atoms with E-state index in [0.29, 0.717) is 31.9 Å². The Kier molecular flexibility index (Phi) is 4.40. The maximum absolute atomic E-state index is 12.7. The molecule has 28 heavy (non-hydrogen) atoms. The number of nitrogens with one attached hydrogen (secondary N) is 1. The van der Waals surface area contributed by atoms with Crippen molar-refractivity contribution in [3.05, 3.63) is 56.3 Å². The Balaban J connectivity index is 1.83. The largest absolute Gasteiger partial charge is 0.384 e. The number of benzene rings is 1. The van der Waals surface area contributed by atoms with Gasteiger partial charge in [-0.05, 0) is 18.2 Å². The number of imide groups is 1. The molecule has 0 atom stereocenters. The molecule has 0 aliphatic carbocycles. The van der Waals surface area contributed by atoms with Crippen molar-refractivity contribution in [2.75, 3.05) is 32.0 Å². The van der Waals surface area contributed by atoms with Gasteiger partial charge < -0.3 is 15.4 Å².